The highest BCUT2D eigenvalue weighted by atomic mass is 17.2. The van der Waals surface area contributed by atoms with E-state index in [1.807, 2.05) is 32.6 Å². The lowest BCUT2D eigenvalue weighted by Gasteiger charge is -2.38. The Morgan fingerprint density at radius 2 is 1.47 bits per heavy atom. The molecule has 0 fully saturated rings. The maximum Gasteiger partial charge on any atom is 0.336 e. The molecule has 9 nitrogen and oxygen atoms in total. The number of nitrogens with zero attached hydrogens (tertiary/aromatic N) is 1. The van der Waals surface area contributed by atoms with E-state index in [1.54, 1.807) is 0 Å². The molecule has 0 radical (unpaired) electrons. The lowest BCUT2D eigenvalue weighted by Crippen LogP contribution is -2.38. The summed E-state index contributed by atoms with van der Waals surface area (Å²) in [6, 6.07) is 0. The molecule has 0 amide bonds. The molecule has 32 heavy (non-hydrogen) atoms. The number of carbonyl (C=O) groups excluding carboxylic acids is 2. The normalized spacial score (nSPS) is 17.6. The first-order valence-corrected chi connectivity index (χ1v) is 10.9. The number of ether oxygens (including phenoxy) is 4. The third kappa shape index (κ3) is 5.70. The molecule has 0 aromatic rings. The van der Waals surface area contributed by atoms with Crippen molar-refractivity contribution in [3.05, 3.63) is 33.9 Å². The lowest BCUT2D eigenvalue weighted by molar-refractivity contribution is -0.275. The van der Waals surface area contributed by atoms with E-state index in [0.717, 1.165) is 5.57 Å². The van der Waals surface area contributed by atoms with Gasteiger partial charge in [0.15, 0.2) is 5.76 Å². The number of carbonyl (C=O) groups is 2. The van der Waals surface area contributed by atoms with Crippen molar-refractivity contribution < 1.29 is 38.3 Å². The largest absolute Gasteiger partial charge is 0.460 e. The molecular weight excluding hydrogens is 418 g/mol. The summed E-state index contributed by atoms with van der Waals surface area (Å²) in [6.45, 7) is 9.34. The molecule has 0 aliphatic carbocycles. The second-order valence-corrected chi connectivity index (χ2v) is 7.41. The van der Waals surface area contributed by atoms with E-state index in [0.29, 0.717) is 54.3 Å². The molecule has 2 heterocycles. The Hall–Kier alpha value is -2.36. The van der Waals surface area contributed by atoms with Gasteiger partial charge in [0.2, 0.25) is 0 Å². The van der Waals surface area contributed by atoms with Crippen LogP contribution in [0.3, 0.4) is 0 Å². The Kier molecular flexibility index (Phi) is 10.2. The quantitative estimate of drug-likeness (QED) is 0.266. The van der Waals surface area contributed by atoms with Crippen LogP contribution in [-0.2, 0) is 38.3 Å². The SMILES string of the molecule is CCC1=C(C2C(C(=O)OCCOC)=C(C)N(CC)C(C)=C2C(=O)OCCOC)OOCC1. The zero-order valence-electron chi connectivity index (χ0n) is 19.9. The van der Waals surface area contributed by atoms with Gasteiger partial charge in [0.25, 0.3) is 0 Å². The van der Waals surface area contributed by atoms with Crippen LogP contribution in [0.2, 0.25) is 0 Å². The fraction of sp³-hybridized carbons (Fsp3) is 0.652. The Balaban J connectivity index is 2.62. The van der Waals surface area contributed by atoms with E-state index in [2.05, 4.69) is 0 Å². The van der Waals surface area contributed by atoms with E-state index >= 15 is 0 Å². The number of esters is 2. The van der Waals surface area contributed by atoms with Crippen molar-refractivity contribution in [1.29, 1.82) is 0 Å². The number of hydrogen-bond acceptors (Lipinski definition) is 9. The Labute approximate surface area is 189 Å². The highest BCUT2D eigenvalue weighted by molar-refractivity contribution is 5.98. The van der Waals surface area contributed by atoms with Crippen LogP contribution in [-0.4, -0.2) is 70.6 Å². The molecule has 0 saturated heterocycles. The Morgan fingerprint density at radius 1 is 0.938 bits per heavy atom. The van der Waals surface area contributed by atoms with Gasteiger partial charge >= 0.3 is 11.9 Å². The van der Waals surface area contributed by atoms with Gasteiger partial charge in [-0.2, -0.15) is 4.89 Å². The molecule has 2 rings (SSSR count). The van der Waals surface area contributed by atoms with Crippen molar-refractivity contribution in [2.24, 2.45) is 5.92 Å². The van der Waals surface area contributed by atoms with Crippen LogP contribution in [0.1, 0.15) is 40.5 Å². The monoisotopic (exact) mass is 453 g/mol. The van der Waals surface area contributed by atoms with E-state index < -0.39 is 17.9 Å². The zero-order chi connectivity index (χ0) is 23.7. The Morgan fingerprint density at radius 3 is 1.91 bits per heavy atom. The summed E-state index contributed by atoms with van der Waals surface area (Å²) in [5.74, 6) is -1.41. The van der Waals surface area contributed by atoms with E-state index in [-0.39, 0.29) is 26.4 Å². The van der Waals surface area contributed by atoms with E-state index in [9.17, 15) is 9.59 Å². The van der Waals surface area contributed by atoms with E-state index in [4.69, 9.17) is 28.7 Å². The van der Waals surface area contributed by atoms with Crippen LogP contribution >= 0.6 is 0 Å². The summed E-state index contributed by atoms with van der Waals surface area (Å²) >= 11 is 0. The maximum absolute atomic E-state index is 13.3. The average Bonchev–Trinajstić information content (AvgIpc) is 2.79. The van der Waals surface area contributed by atoms with Gasteiger partial charge in [-0.05, 0) is 39.2 Å². The summed E-state index contributed by atoms with van der Waals surface area (Å²) in [5.41, 5.74) is 3.04. The third-order valence-electron chi connectivity index (χ3n) is 5.64. The standard InChI is InChI=1S/C23H35NO8/c1-7-17-9-10-31-32-21(17)20-18(22(25)29-13-11-27-5)15(3)24(8-2)16(4)19(20)23(26)30-14-12-28-6/h20H,7-14H2,1-6H3. The van der Waals surface area contributed by atoms with Crippen LogP contribution in [0.15, 0.2) is 33.9 Å². The predicted molar refractivity (Wildman–Crippen MR) is 116 cm³/mol. The maximum atomic E-state index is 13.3. The topological polar surface area (TPSA) is 92.8 Å². The number of hydrogen-bond donors (Lipinski definition) is 0. The molecule has 2 aliphatic heterocycles. The first-order chi connectivity index (χ1) is 15.4. The van der Waals surface area contributed by atoms with Crippen molar-refractivity contribution in [3.63, 3.8) is 0 Å². The van der Waals surface area contributed by atoms with Crippen LogP contribution in [0, 0.1) is 5.92 Å². The van der Waals surface area contributed by atoms with Crippen molar-refractivity contribution in [2.45, 2.75) is 40.5 Å². The minimum atomic E-state index is -0.793. The first-order valence-electron chi connectivity index (χ1n) is 10.9. The van der Waals surface area contributed by atoms with Crippen molar-refractivity contribution >= 4 is 11.9 Å². The van der Waals surface area contributed by atoms with E-state index in [1.165, 1.54) is 14.2 Å². The molecule has 0 unspecified atom stereocenters. The molecule has 0 saturated carbocycles. The average molecular weight is 454 g/mol. The van der Waals surface area contributed by atoms with Crippen LogP contribution in [0.25, 0.3) is 0 Å². The zero-order valence-corrected chi connectivity index (χ0v) is 19.9. The lowest BCUT2D eigenvalue weighted by atomic mass is 9.81. The van der Waals surface area contributed by atoms with Gasteiger partial charge < -0.3 is 28.7 Å². The first kappa shape index (κ1) is 25.9. The van der Waals surface area contributed by atoms with Gasteiger partial charge in [0, 0.05) is 32.2 Å². The number of rotatable bonds is 11. The summed E-state index contributed by atoms with van der Waals surface area (Å²) in [7, 11) is 3.07. The molecule has 0 aromatic carbocycles. The fourth-order valence-corrected chi connectivity index (χ4v) is 4.02. The highest BCUT2D eigenvalue weighted by Crippen LogP contribution is 2.43. The minimum Gasteiger partial charge on any atom is -0.460 e. The van der Waals surface area contributed by atoms with Crippen LogP contribution in [0.4, 0.5) is 0 Å². The molecule has 180 valence electrons. The summed E-state index contributed by atoms with van der Waals surface area (Å²) in [6.07, 6.45) is 1.35. The van der Waals surface area contributed by atoms with Gasteiger partial charge in [-0.3, -0.25) is 0 Å². The van der Waals surface area contributed by atoms with Gasteiger partial charge in [-0.1, -0.05) is 6.92 Å². The van der Waals surface area contributed by atoms with Crippen LogP contribution < -0.4 is 0 Å². The summed E-state index contributed by atoms with van der Waals surface area (Å²) < 4.78 is 21.0. The van der Waals surface area contributed by atoms with Crippen molar-refractivity contribution in [1.82, 2.24) is 4.90 Å². The second kappa shape index (κ2) is 12.6. The van der Waals surface area contributed by atoms with Crippen molar-refractivity contribution in [2.75, 3.05) is 53.8 Å². The molecule has 0 spiro atoms. The summed E-state index contributed by atoms with van der Waals surface area (Å²) in [4.78, 5) is 39.3. The highest BCUT2D eigenvalue weighted by Gasteiger charge is 2.44. The van der Waals surface area contributed by atoms with Crippen LogP contribution in [0.5, 0.6) is 0 Å². The molecule has 9 heteroatoms. The van der Waals surface area contributed by atoms with Crippen molar-refractivity contribution in [3.8, 4) is 0 Å². The molecule has 0 N–H and O–H groups in total. The molecular formula is C23H35NO8. The smallest absolute Gasteiger partial charge is 0.336 e. The summed E-state index contributed by atoms with van der Waals surface area (Å²) in [5, 5.41) is 0. The van der Waals surface area contributed by atoms with Gasteiger partial charge in [-0.15, -0.1) is 0 Å². The molecule has 0 atom stereocenters. The number of allylic oxidation sites excluding steroid dienone is 3. The third-order valence-corrected chi connectivity index (χ3v) is 5.64. The van der Waals surface area contributed by atoms with Gasteiger partial charge in [0.1, 0.15) is 13.2 Å². The molecule has 2 aliphatic rings. The molecule has 0 aromatic heterocycles. The molecule has 0 bridgehead atoms. The second-order valence-electron chi connectivity index (χ2n) is 7.41. The number of methoxy groups -OCH3 is 2. The van der Waals surface area contributed by atoms with Gasteiger partial charge in [-0.25, -0.2) is 9.59 Å². The minimum absolute atomic E-state index is 0.0955. The Bertz CT molecular complexity index is 737. The predicted octanol–water partition coefficient (Wildman–Crippen LogP) is 2.88. The van der Waals surface area contributed by atoms with Gasteiger partial charge in [0.05, 0.1) is 36.9 Å². The fourth-order valence-electron chi connectivity index (χ4n) is 4.02.